The van der Waals surface area contributed by atoms with Gasteiger partial charge < -0.3 is 9.84 Å². The van der Waals surface area contributed by atoms with Gasteiger partial charge in [0.1, 0.15) is 0 Å². The number of carbonyl (C=O) groups is 2. The Kier molecular flexibility index (Phi) is 2.95. The molecule has 0 aromatic carbocycles. The fraction of sp³-hybridized carbons (Fsp3) is 0.143. The average molecular weight is 197 g/mol. The van der Waals surface area contributed by atoms with Gasteiger partial charge >= 0.3 is 12.1 Å². The summed E-state index contributed by atoms with van der Waals surface area (Å²) in [5.41, 5.74) is 0.0493. The van der Waals surface area contributed by atoms with Gasteiger partial charge in [0.05, 0.1) is 12.7 Å². The molecule has 0 atom stereocenters. The number of hydrogen-bond acceptors (Lipinski definition) is 5. The molecule has 1 aromatic rings. The van der Waals surface area contributed by atoms with Crippen molar-refractivity contribution in [2.45, 2.75) is 0 Å². The van der Waals surface area contributed by atoms with Gasteiger partial charge in [-0.2, -0.15) is 0 Å². The van der Waals surface area contributed by atoms with Crippen molar-refractivity contribution in [2.24, 2.45) is 0 Å². The van der Waals surface area contributed by atoms with Crippen molar-refractivity contribution in [3.05, 3.63) is 18.0 Å². The number of carbonyl (C=O) groups excluding carboxylic acids is 1. The third-order valence-electron chi connectivity index (χ3n) is 1.29. The number of methoxy groups -OCH3 is 1. The number of hydrogen-bond donors (Lipinski definition) is 2. The monoisotopic (exact) mass is 197 g/mol. The van der Waals surface area contributed by atoms with Crippen molar-refractivity contribution >= 4 is 12.0 Å². The first-order valence-corrected chi connectivity index (χ1v) is 3.54. The molecule has 0 spiro atoms. The number of rotatable bonds is 2. The summed E-state index contributed by atoms with van der Waals surface area (Å²) in [7, 11) is 1.38. The number of amides is 2. The van der Waals surface area contributed by atoms with E-state index in [1.165, 1.54) is 19.5 Å². The molecule has 0 saturated carbocycles. The molecule has 0 saturated heterocycles. The first-order valence-electron chi connectivity index (χ1n) is 3.54. The SMILES string of the molecule is COc1ncc(C(=O)NC(=O)O)cn1. The zero-order valence-electron chi connectivity index (χ0n) is 7.22. The third kappa shape index (κ3) is 2.41. The highest BCUT2D eigenvalue weighted by Crippen LogP contribution is 2.00. The van der Waals surface area contributed by atoms with E-state index in [4.69, 9.17) is 5.11 Å². The van der Waals surface area contributed by atoms with Crippen LogP contribution in [-0.4, -0.2) is 34.2 Å². The van der Waals surface area contributed by atoms with Crippen LogP contribution in [0.15, 0.2) is 12.4 Å². The lowest BCUT2D eigenvalue weighted by molar-refractivity contribution is 0.0947. The lowest BCUT2D eigenvalue weighted by Gasteiger charge is -1.99. The molecule has 1 heterocycles. The first kappa shape index (κ1) is 9.90. The molecule has 74 valence electrons. The van der Waals surface area contributed by atoms with Crippen LogP contribution >= 0.6 is 0 Å². The minimum Gasteiger partial charge on any atom is -0.467 e. The normalized spacial score (nSPS) is 9.21. The molecular formula is C7H7N3O4. The summed E-state index contributed by atoms with van der Waals surface area (Å²) in [4.78, 5) is 28.4. The maximum atomic E-state index is 11.0. The predicted molar refractivity (Wildman–Crippen MR) is 44.1 cm³/mol. The van der Waals surface area contributed by atoms with Gasteiger partial charge in [0, 0.05) is 12.4 Å². The van der Waals surface area contributed by atoms with E-state index >= 15 is 0 Å². The van der Waals surface area contributed by atoms with Crippen LogP contribution in [0.5, 0.6) is 6.01 Å². The summed E-state index contributed by atoms with van der Waals surface area (Å²) in [5.74, 6) is -0.778. The zero-order chi connectivity index (χ0) is 10.6. The van der Waals surface area contributed by atoms with Crippen molar-refractivity contribution in [1.29, 1.82) is 0 Å². The minimum absolute atomic E-state index is 0.0493. The Morgan fingerprint density at radius 3 is 2.43 bits per heavy atom. The van der Waals surface area contributed by atoms with Gasteiger partial charge in [0.15, 0.2) is 0 Å². The van der Waals surface area contributed by atoms with E-state index in [1.54, 1.807) is 5.32 Å². The summed E-state index contributed by atoms with van der Waals surface area (Å²) < 4.78 is 4.66. The van der Waals surface area contributed by atoms with E-state index in [-0.39, 0.29) is 11.6 Å². The number of ether oxygens (including phenoxy) is 1. The molecule has 7 heteroatoms. The van der Waals surface area contributed by atoms with Gasteiger partial charge in [0.25, 0.3) is 5.91 Å². The Morgan fingerprint density at radius 2 is 2.00 bits per heavy atom. The molecule has 0 radical (unpaired) electrons. The van der Waals surface area contributed by atoms with Crippen LogP contribution in [0.4, 0.5) is 4.79 Å². The topological polar surface area (TPSA) is 101 Å². The fourth-order valence-corrected chi connectivity index (χ4v) is 0.708. The molecule has 0 aliphatic heterocycles. The smallest absolute Gasteiger partial charge is 0.411 e. The van der Waals surface area contributed by atoms with E-state index in [1.807, 2.05) is 0 Å². The number of aromatic nitrogens is 2. The second-order valence-electron chi connectivity index (χ2n) is 2.22. The third-order valence-corrected chi connectivity index (χ3v) is 1.29. The summed E-state index contributed by atoms with van der Waals surface area (Å²) in [6, 6.07) is 0.108. The lowest BCUT2D eigenvalue weighted by Crippen LogP contribution is -2.28. The van der Waals surface area contributed by atoms with Crippen molar-refractivity contribution in [3.63, 3.8) is 0 Å². The Hall–Kier alpha value is -2.18. The number of nitrogens with zero attached hydrogens (tertiary/aromatic N) is 2. The van der Waals surface area contributed by atoms with E-state index in [0.29, 0.717) is 0 Å². The van der Waals surface area contributed by atoms with Gasteiger partial charge in [-0.15, -0.1) is 0 Å². The highest BCUT2D eigenvalue weighted by molar-refractivity contribution is 6.01. The van der Waals surface area contributed by atoms with Gasteiger partial charge in [-0.25, -0.2) is 14.8 Å². The van der Waals surface area contributed by atoms with Crippen LogP contribution < -0.4 is 10.1 Å². The maximum Gasteiger partial charge on any atom is 0.411 e. The fourth-order valence-electron chi connectivity index (χ4n) is 0.708. The van der Waals surface area contributed by atoms with Gasteiger partial charge in [-0.05, 0) is 0 Å². The zero-order valence-corrected chi connectivity index (χ0v) is 7.22. The molecule has 7 nitrogen and oxygen atoms in total. The summed E-state index contributed by atoms with van der Waals surface area (Å²) in [6.07, 6.45) is 0.916. The van der Waals surface area contributed by atoms with Crippen molar-refractivity contribution < 1.29 is 19.4 Å². The number of carboxylic acid groups (broad SMARTS) is 1. The van der Waals surface area contributed by atoms with Gasteiger partial charge in [0.2, 0.25) is 0 Å². The highest BCUT2D eigenvalue weighted by atomic mass is 16.5. The van der Waals surface area contributed by atoms with Crippen LogP contribution in [0.1, 0.15) is 10.4 Å². The van der Waals surface area contributed by atoms with Crippen LogP contribution in [0.3, 0.4) is 0 Å². The van der Waals surface area contributed by atoms with Crippen molar-refractivity contribution in [3.8, 4) is 6.01 Å². The van der Waals surface area contributed by atoms with Gasteiger partial charge in [-0.3, -0.25) is 10.1 Å². The summed E-state index contributed by atoms with van der Waals surface area (Å²) >= 11 is 0. The number of imide groups is 1. The van der Waals surface area contributed by atoms with Crippen LogP contribution in [0.2, 0.25) is 0 Å². The number of nitrogens with one attached hydrogen (secondary N) is 1. The summed E-state index contributed by atoms with van der Waals surface area (Å²) in [5, 5.41) is 9.90. The Bertz CT molecular complexity index is 348. The van der Waals surface area contributed by atoms with Gasteiger partial charge in [-0.1, -0.05) is 0 Å². The minimum atomic E-state index is -1.43. The molecule has 2 N–H and O–H groups in total. The predicted octanol–water partition coefficient (Wildman–Crippen LogP) is -0.107. The standard InChI is InChI=1S/C7H7N3O4/c1-14-6-8-2-4(3-9-6)5(11)10-7(12)13/h2-3H,1H3,(H,10,11)(H,12,13). The molecule has 0 bridgehead atoms. The second kappa shape index (κ2) is 4.17. The Morgan fingerprint density at radius 1 is 1.43 bits per heavy atom. The molecule has 0 aliphatic carbocycles. The van der Waals surface area contributed by atoms with E-state index < -0.39 is 12.0 Å². The van der Waals surface area contributed by atoms with E-state index in [0.717, 1.165) is 0 Å². The average Bonchev–Trinajstić information content (AvgIpc) is 2.17. The van der Waals surface area contributed by atoms with E-state index in [9.17, 15) is 9.59 Å². The first-order chi connectivity index (χ1) is 6.63. The molecule has 14 heavy (non-hydrogen) atoms. The molecule has 0 fully saturated rings. The van der Waals surface area contributed by atoms with Crippen LogP contribution in [-0.2, 0) is 0 Å². The van der Waals surface area contributed by atoms with Crippen molar-refractivity contribution in [2.75, 3.05) is 7.11 Å². The highest BCUT2D eigenvalue weighted by Gasteiger charge is 2.09. The molecule has 1 rings (SSSR count). The van der Waals surface area contributed by atoms with Crippen molar-refractivity contribution in [1.82, 2.24) is 15.3 Å². The van der Waals surface area contributed by atoms with Crippen LogP contribution in [0, 0.1) is 0 Å². The Balaban J connectivity index is 2.76. The largest absolute Gasteiger partial charge is 0.467 e. The molecule has 2 amide bonds. The lowest BCUT2D eigenvalue weighted by atomic mass is 10.3. The molecule has 0 unspecified atom stereocenters. The second-order valence-corrected chi connectivity index (χ2v) is 2.22. The van der Waals surface area contributed by atoms with Crippen LogP contribution in [0.25, 0.3) is 0 Å². The summed E-state index contributed by atoms with van der Waals surface area (Å²) in [6.45, 7) is 0. The maximum absolute atomic E-state index is 11.0. The quantitative estimate of drug-likeness (QED) is 0.686. The Labute approximate surface area is 78.7 Å². The van der Waals surface area contributed by atoms with E-state index in [2.05, 4.69) is 14.7 Å². The molecule has 0 aliphatic rings. The molecular weight excluding hydrogens is 190 g/mol. The molecule has 1 aromatic heterocycles.